The van der Waals surface area contributed by atoms with Crippen molar-refractivity contribution in [1.82, 2.24) is 14.8 Å². The quantitative estimate of drug-likeness (QED) is 0.687. The van der Waals surface area contributed by atoms with E-state index in [0.29, 0.717) is 27.5 Å². The van der Waals surface area contributed by atoms with Crippen LogP contribution in [0.1, 0.15) is 17.2 Å². The number of allylic oxidation sites excluding steroid dienone is 1. The van der Waals surface area contributed by atoms with Crippen molar-refractivity contribution < 1.29 is 9.47 Å². The largest absolute Gasteiger partial charge is 0.497 e. The van der Waals surface area contributed by atoms with Crippen LogP contribution in [0.5, 0.6) is 11.5 Å². The summed E-state index contributed by atoms with van der Waals surface area (Å²) in [6.45, 7) is 0. The van der Waals surface area contributed by atoms with Gasteiger partial charge in [0.2, 0.25) is 5.95 Å². The van der Waals surface area contributed by atoms with Gasteiger partial charge in [0, 0.05) is 21.7 Å². The van der Waals surface area contributed by atoms with Gasteiger partial charge in [0.25, 0.3) is 0 Å². The fraction of sp³-hybridized carbons (Fsp3) is 0.158. The van der Waals surface area contributed by atoms with Crippen LogP contribution in [0, 0.1) is 0 Å². The maximum absolute atomic E-state index is 6.45. The van der Waals surface area contributed by atoms with Crippen molar-refractivity contribution in [3.8, 4) is 11.5 Å². The van der Waals surface area contributed by atoms with Gasteiger partial charge in [0.05, 0.1) is 19.9 Å². The Labute approximate surface area is 166 Å². The molecule has 138 valence electrons. The van der Waals surface area contributed by atoms with E-state index in [1.54, 1.807) is 25.0 Å². The fourth-order valence-corrected chi connectivity index (χ4v) is 3.60. The van der Waals surface area contributed by atoms with Crippen LogP contribution in [0.3, 0.4) is 0 Å². The molecule has 0 bridgehead atoms. The first-order valence-electron chi connectivity index (χ1n) is 8.16. The fourth-order valence-electron chi connectivity index (χ4n) is 3.07. The van der Waals surface area contributed by atoms with Crippen molar-refractivity contribution in [1.29, 1.82) is 0 Å². The summed E-state index contributed by atoms with van der Waals surface area (Å²) in [5, 5.41) is 8.77. The van der Waals surface area contributed by atoms with Crippen LogP contribution in [-0.2, 0) is 0 Å². The number of halogens is 2. The zero-order chi connectivity index (χ0) is 19.0. The number of ether oxygens (including phenoxy) is 2. The second-order valence-electron chi connectivity index (χ2n) is 5.91. The standard InChI is InChI=1S/C19H16Cl2N4O2/c1-26-12-4-6-14(18(8-12)27-2)16-9-17(25-19(24-16)22-10-23-25)13-5-3-11(20)7-15(13)21/h3-10,17H,1-2H3,(H,22,23,24)/t17-/m1/s1. The van der Waals surface area contributed by atoms with Crippen molar-refractivity contribution in [2.24, 2.45) is 0 Å². The number of hydrogen-bond acceptors (Lipinski definition) is 5. The van der Waals surface area contributed by atoms with Crippen LogP contribution in [0.15, 0.2) is 48.8 Å². The molecule has 1 atom stereocenters. The highest BCUT2D eigenvalue weighted by Gasteiger charge is 2.26. The van der Waals surface area contributed by atoms with Crippen molar-refractivity contribution in [2.45, 2.75) is 6.04 Å². The minimum Gasteiger partial charge on any atom is -0.497 e. The maximum Gasteiger partial charge on any atom is 0.226 e. The minimum atomic E-state index is -0.240. The molecule has 0 unspecified atom stereocenters. The third kappa shape index (κ3) is 3.22. The van der Waals surface area contributed by atoms with Crippen molar-refractivity contribution in [3.63, 3.8) is 0 Å². The van der Waals surface area contributed by atoms with Gasteiger partial charge in [-0.15, -0.1) is 0 Å². The number of aromatic nitrogens is 3. The molecule has 0 spiro atoms. The molecule has 0 saturated carbocycles. The van der Waals surface area contributed by atoms with E-state index in [1.807, 2.05) is 36.4 Å². The minimum absolute atomic E-state index is 0.240. The van der Waals surface area contributed by atoms with Gasteiger partial charge in [-0.1, -0.05) is 29.3 Å². The number of nitrogens with one attached hydrogen (secondary N) is 1. The van der Waals surface area contributed by atoms with E-state index < -0.39 is 0 Å². The highest BCUT2D eigenvalue weighted by Crippen LogP contribution is 2.38. The lowest BCUT2D eigenvalue weighted by Crippen LogP contribution is -2.20. The average Bonchev–Trinajstić information content (AvgIpc) is 3.15. The number of anilines is 1. The van der Waals surface area contributed by atoms with Gasteiger partial charge in [0.15, 0.2) is 0 Å². The third-order valence-electron chi connectivity index (χ3n) is 4.39. The Kier molecular flexibility index (Phi) is 4.68. The zero-order valence-corrected chi connectivity index (χ0v) is 16.1. The predicted octanol–water partition coefficient (Wildman–Crippen LogP) is 4.66. The van der Waals surface area contributed by atoms with Gasteiger partial charge in [-0.3, -0.25) is 0 Å². The Balaban J connectivity index is 1.84. The smallest absolute Gasteiger partial charge is 0.226 e. The Hall–Kier alpha value is -2.70. The number of rotatable bonds is 4. The lowest BCUT2D eigenvalue weighted by atomic mass is 10.0. The zero-order valence-electron chi connectivity index (χ0n) is 14.6. The van der Waals surface area contributed by atoms with E-state index in [9.17, 15) is 0 Å². The van der Waals surface area contributed by atoms with E-state index >= 15 is 0 Å². The van der Waals surface area contributed by atoms with Gasteiger partial charge in [0.1, 0.15) is 23.9 Å². The molecule has 2 aromatic carbocycles. The summed E-state index contributed by atoms with van der Waals surface area (Å²) in [7, 11) is 3.24. The van der Waals surface area contributed by atoms with Gasteiger partial charge in [-0.25, -0.2) is 4.68 Å². The monoisotopic (exact) mass is 402 g/mol. The molecule has 3 aromatic rings. The number of benzene rings is 2. The molecule has 1 aliphatic rings. The lowest BCUT2D eigenvalue weighted by molar-refractivity contribution is 0.393. The maximum atomic E-state index is 6.45. The van der Waals surface area contributed by atoms with Crippen LogP contribution in [-0.4, -0.2) is 29.0 Å². The highest BCUT2D eigenvalue weighted by molar-refractivity contribution is 6.35. The van der Waals surface area contributed by atoms with Crippen molar-refractivity contribution >= 4 is 34.8 Å². The van der Waals surface area contributed by atoms with Crippen molar-refractivity contribution in [2.75, 3.05) is 19.5 Å². The molecule has 0 amide bonds. The topological polar surface area (TPSA) is 61.2 Å². The van der Waals surface area contributed by atoms with Gasteiger partial charge >= 0.3 is 0 Å². The average molecular weight is 403 g/mol. The summed E-state index contributed by atoms with van der Waals surface area (Å²) in [6, 6.07) is 10.8. The van der Waals surface area contributed by atoms with Gasteiger partial charge < -0.3 is 14.8 Å². The van der Waals surface area contributed by atoms with Crippen LogP contribution in [0.25, 0.3) is 5.70 Å². The van der Waals surface area contributed by atoms with E-state index in [-0.39, 0.29) is 6.04 Å². The summed E-state index contributed by atoms with van der Waals surface area (Å²) in [5.41, 5.74) is 2.59. The highest BCUT2D eigenvalue weighted by atomic mass is 35.5. The molecule has 0 fully saturated rings. The Morgan fingerprint density at radius 2 is 1.93 bits per heavy atom. The number of methoxy groups -OCH3 is 2. The van der Waals surface area contributed by atoms with E-state index in [0.717, 1.165) is 16.8 Å². The molecule has 1 N–H and O–H groups in total. The van der Waals surface area contributed by atoms with Crippen LogP contribution < -0.4 is 14.8 Å². The van der Waals surface area contributed by atoms with E-state index in [4.69, 9.17) is 32.7 Å². The van der Waals surface area contributed by atoms with Crippen LogP contribution >= 0.6 is 23.2 Å². The van der Waals surface area contributed by atoms with E-state index in [1.165, 1.54) is 6.33 Å². The second kappa shape index (κ2) is 7.13. The molecule has 6 nitrogen and oxygen atoms in total. The first-order valence-corrected chi connectivity index (χ1v) is 8.92. The normalized spacial score (nSPS) is 15.6. The Morgan fingerprint density at radius 3 is 2.67 bits per heavy atom. The first-order chi connectivity index (χ1) is 13.1. The molecule has 0 saturated heterocycles. The SMILES string of the molecule is COc1ccc(C2=C[C@H](c3ccc(Cl)cc3Cl)n3ncnc3N2)c(OC)c1. The molecule has 0 aliphatic carbocycles. The molecule has 1 aliphatic heterocycles. The summed E-state index contributed by atoms with van der Waals surface area (Å²) in [6.07, 6.45) is 3.53. The molecule has 1 aromatic heterocycles. The number of hydrogen-bond donors (Lipinski definition) is 1. The molecule has 4 rings (SSSR count). The summed E-state index contributed by atoms with van der Waals surface area (Å²) < 4.78 is 12.6. The summed E-state index contributed by atoms with van der Waals surface area (Å²) >= 11 is 12.5. The lowest BCUT2D eigenvalue weighted by Gasteiger charge is -2.25. The Morgan fingerprint density at radius 1 is 1.07 bits per heavy atom. The van der Waals surface area contributed by atoms with Gasteiger partial charge in [-0.2, -0.15) is 10.1 Å². The summed E-state index contributed by atoms with van der Waals surface area (Å²) in [4.78, 5) is 4.31. The molecule has 0 radical (unpaired) electrons. The second-order valence-corrected chi connectivity index (χ2v) is 6.75. The predicted molar refractivity (Wildman–Crippen MR) is 106 cm³/mol. The molecular formula is C19H16Cl2N4O2. The molecular weight excluding hydrogens is 387 g/mol. The molecule has 8 heteroatoms. The van der Waals surface area contributed by atoms with E-state index in [2.05, 4.69) is 15.4 Å². The molecule has 27 heavy (non-hydrogen) atoms. The summed E-state index contributed by atoms with van der Waals surface area (Å²) in [5.74, 6) is 2.01. The number of fused-ring (bicyclic) bond motifs is 1. The molecule has 2 heterocycles. The van der Waals surface area contributed by atoms with Crippen LogP contribution in [0.4, 0.5) is 5.95 Å². The third-order valence-corrected chi connectivity index (χ3v) is 4.95. The van der Waals surface area contributed by atoms with Crippen LogP contribution in [0.2, 0.25) is 10.0 Å². The first kappa shape index (κ1) is 17.7. The van der Waals surface area contributed by atoms with Crippen molar-refractivity contribution in [3.05, 3.63) is 70.0 Å². The Bertz CT molecular complexity index is 1030. The van der Waals surface area contributed by atoms with Gasteiger partial charge in [-0.05, 0) is 35.9 Å². The number of nitrogens with zero attached hydrogens (tertiary/aromatic N) is 3.